The highest BCUT2D eigenvalue weighted by molar-refractivity contribution is 7.91. The Morgan fingerprint density at radius 2 is 2.21 bits per heavy atom. The molecule has 2 atom stereocenters. The van der Waals surface area contributed by atoms with Gasteiger partial charge in [0.05, 0.1) is 11.5 Å². The summed E-state index contributed by atoms with van der Waals surface area (Å²) >= 11 is 0.521. The van der Waals surface area contributed by atoms with E-state index >= 15 is 0 Å². The summed E-state index contributed by atoms with van der Waals surface area (Å²) in [6.45, 7) is 0. The van der Waals surface area contributed by atoms with Crippen LogP contribution in [0.1, 0.15) is 28.8 Å². The van der Waals surface area contributed by atoms with E-state index in [1.165, 1.54) is 0 Å². The first-order valence-corrected chi connectivity index (χ1v) is 8.30. The zero-order valence-electron chi connectivity index (χ0n) is 9.85. The number of thiazole rings is 1. The highest BCUT2D eigenvalue weighted by Gasteiger charge is 2.35. The summed E-state index contributed by atoms with van der Waals surface area (Å²) in [6.07, 6.45) is -2.43. The Balaban J connectivity index is 2.01. The van der Waals surface area contributed by atoms with Gasteiger partial charge in [0, 0.05) is 17.1 Å². The van der Waals surface area contributed by atoms with Crippen LogP contribution >= 0.6 is 11.3 Å². The zero-order chi connectivity index (χ0) is 14.3. The molecule has 2 N–H and O–H groups in total. The van der Waals surface area contributed by atoms with Gasteiger partial charge in [0.1, 0.15) is 0 Å². The Hall–Kier alpha value is -0.670. The molecule has 1 saturated heterocycles. The van der Waals surface area contributed by atoms with E-state index < -0.39 is 27.1 Å². The molecule has 0 saturated carbocycles. The lowest BCUT2D eigenvalue weighted by Crippen LogP contribution is -2.15. The van der Waals surface area contributed by atoms with Crippen molar-refractivity contribution in [1.82, 2.24) is 4.98 Å². The minimum Gasteiger partial charge on any atom is -0.323 e. The van der Waals surface area contributed by atoms with Crippen molar-refractivity contribution in [3.05, 3.63) is 16.1 Å². The van der Waals surface area contributed by atoms with E-state index in [0.717, 1.165) is 6.20 Å². The average Bonchev–Trinajstić information content (AvgIpc) is 2.84. The first-order chi connectivity index (χ1) is 8.67. The highest BCUT2D eigenvalue weighted by Crippen LogP contribution is 2.36. The largest absolute Gasteiger partial charge is 0.443 e. The number of halogens is 3. The lowest BCUT2D eigenvalue weighted by molar-refractivity contribution is -0.137. The number of hydrogen-bond donors (Lipinski definition) is 1. The van der Waals surface area contributed by atoms with Gasteiger partial charge in [-0.05, 0) is 18.8 Å². The fourth-order valence-corrected chi connectivity index (χ4v) is 4.80. The van der Waals surface area contributed by atoms with Gasteiger partial charge in [-0.2, -0.15) is 13.2 Å². The average molecular weight is 314 g/mol. The molecule has 19 heavy (non-hydrogen) atoms. The van der Waals surface area contributed by atoms with Gasteiger partial charge in [-0.25, -0.2) is 13.4 Å². The third-order valence-electron chi connectivity index (χ3n) is 3.05. The maximum Gasteiger partial charge on any atom is 0.443 e. The minimum absolute atomic E-state index is 0.0727. The van der Waals surface area contributed by atoms with Crippen molar-refractivity contribution in [3.8, 4) is 0 Å². The minimum atomic E-state index is -4.46. The van der Waals surface area contributed by atoms with E-state index in [1.807, 2.05) is 0 Å². The van der Waals surface area contributed by atoms with Crippen LogP contribution in [0.2, 0.25) is 0 Å². The van der Waals surface area contributed by atoms with Crippen LogP contribution in [0.4, 0.5) is 13.2 Å². The number of rotatable bonds is 3. The Labute approximate surface area is 112 Å². The first-order valence-electron chi connectivity index (χ1n) is 5.66. The molecule has 1 aromatic heterocycles. The molecule has 2 unspecified atom stereocenters. The number of nitrogens with zero attached hydrogens (tertiary/aromatic N) is 1. The van der Waals surface area contributed by atoms with Crippen molar-refractivity contribution in [3.63, 3.8) is 0 Å². The van der Waals surface area contributed by atoms with Crippen molar-refractivity contribution < 1.29 is 21.6 Å². The van der Waals surface area contributed by atoms with Crippen LogP contribution in [-0.2, 0) is 16.0 Å². The molecule has 1 aliphatic heterocycles. The van der Waals surface area contributed by atoms with E-state index in [2.05, 4.69) is 4.98 Å². The van der Waals surface area contributed by atoms with Crippen molar-refractivity contribution >= 4 is 21.2 Å². The van der Waals surface area contributed by atoms with Gasteiger partial charge in [-0.1, -0.05) is 0 Å². The Morgan fingerprint density at radius 1 is 1.53 bits per heavy atom. The lowest BCUT2D eigenvalue weighted by atomic mass is 9.99. The Kier molecular flexibility index (Phi) is 3.90. The number of hydrogen-bond acceptors (Lipinski definition) is 5. The molecule has 0 amide bonds. The second-order valence-electron chi connectivity index (χ2n) is 4.68. The van der Waals surface area contributed by atoms with E-state index in [1.54, 1.807) is 0 Å². The van der Waals surface area contributed by atoms with Crippen LogP contribution in [-0.4, -0.2) is 24.9 Å². The maximum atomic E-state index is 12.4. The Morgan fingerprint density at radius 3 is 2.68 bits per heavy atom. The third-order valence-corrected chi connectivity index (χ3v) is 6.06. The monoisotopic (exact) mass is 314 g/mol. The fourth-order valence-electron chi connectivity index (χ4n) is 2.12. The van der Waals surface area contributed by atoms with Crippen LogP contribution in [0.3, 0.4) is 0 Å². The molecular formula is C10H13F3N2O2S2. The SMILES string of the molecule is NC(CC1CCS(=O)(=O)C1)c1cnc(C(F)(F)F)s1. The van der Waals surface area contributed by atoms with Gasteiger partial charge in [0.2, 0.25) is 0 Å². The predicted molar refractivity (Wildman–Crippen MR) is 65.4 cm³/mol. The van der Waals surface area contributed by atoms with Crippen LogP contribution in [0.5, 0.6) is 0 Å². The van der Waals surface area contributed by atoms with E-state index in [0.29, 0.717) is 29.1 Å². The van der Waals surface area contributed by atoms with Crippen LogP contribution in [0, 0.1) is 5.92 Å². The van der Waals surface area contributed by atoms with Gasteiger partial charge in [-0.15, -0.1) is 11.3 Å². The number of alkyl halides is 3. The molecule has 4 nitrogen and oxygen atoms in total. The van der Waals surface area contributed by atoms with Gasteiger partial charge >= 0.3 is 6.18 Å². The summed E-state index contributed by atoms with van der Waals surface area (Å²) in [7, 11) is -2.99. The van der Waals surface area contributed by atoms with Gasteiger partial charge < -0.3 is 5.73 Å². The number of nitrogens with two attached hydrogens (primary N) is 1. The van der Waals surface area contributed by atoms with Gasteiger partial charge in [0.15, 0.2) is 14.8 Å². The second-order valence-corrected chi connectivity index (χ2v) is 7.97. The van der Waals surface area contributed by atoms with Crippen molar-refractivity contribution in [2.45, 2.75) is 25.1 Å². The first kappa shape index (κ1) is 14.7. The van der Waals surface area contributed by atoms with Gasteiger partial charge in [0.25, 0.3) is 0 Å². The summed E-state index contributed by atoms with van der Waals surface area (Å²) in [5.74, 6) is 0.142. The molecule has 108 valence electrons. The topological polar surface area (TPSA) is 73.1 Å². The zero-order valence-corrected chi connectivity index (χ0v) is 11.5. The van der Waals surface area contributed by atoms with E-state index in [-0.39, 0.29) is 17.4 Å². The maximum absolute atomic E-state index is 12.4. The molecule has 9 heteroatoms. The lowest BCUT2D eigenvalue weighted by Gasteiger charge is -2.13. The molecule has 1 fully saturated rings. The molecule has 2 rings (SSSR count). The van der Waals surface area contributed by atoms with Crippen molar-refractivity contribution in [2.75, 3.05) is 11.5 Å². The molecule has 0 spiro atoms. The number of sulfone groups is 1. The summed E-state index contributed by atoms with van der Waals surface area (Å²) in [4.78, 5) is 3.65. The normalized spacial score (nSPS) is 24.5. The molecule has 0 radical (unpaired) electrons. The molecule has 0 aromatic carbocycles. The summed E-state index contributed by atoms with van der Waals surface area (Å²) in [5.41, 5.74) is 5.83. The van der Waals surface area contributed by atoms with E-state index in [4.69, 9.17) is 5.73 Å². The molecule has 2 heterocycles. The summed E-state index contributed by atoms with van der Waals surface area (Å²) < 4.78 is 59.8. The van der Waals surface area contributed by atoms with Crippen LogP contribution < -0.4 is 5.73 Å². The van der Waals surface area contributed by atoms with Crippen LogP contribution in [0.25, 0.3) is 0 Å². The second kappa shape index (κ2) is 5.02. The van der Waals surface area contributed by atoms with E-state index in [9.17, 15) is 21.6 Å². The summed E-state index contributed by atoms with van der Waals surface area (Å²) in [5, 5.41) is -0.919. The third kappa shape index (κ3) is 3.67. The number of aromatic nitrogens is 1. The fraction of sp³-hybridized carbons (Fsp3) is 0.700. The molecular weight excluding hydrogens is 301 g/mol. The van der Waals surface area contributed by atoms with Crippen molar-refractivity contribution in [1.29, 1.82) is 0 Å². The smallest absolute Gasteiger partial charge is 0.323 e. The van der Waals surface area contributed by atoms with Gasteiger partial charge in [-0.3, -0.25) is 0 Å². The highest BCUT2D eigenvalue weighted by atomic mass is 32.2. The Bertz CT molecular complexity index is 553. The standard InChI is InChI=1S/C10H13F3N2O2S2/c11-10(12,13)9-15-4-8(18-9)7(14)3-6-1-2-19(16,17)5-6/h4,6-7H,1-3,5,14H2. The molecule has 1 aliphatic rings. The molecule has 0 bridgehead atoms. The quantitative estimate of drug-likeness (QED) is 0.926. The van der Waals surface area contributed by atoms with Crippen molar-refractivity contribution in [2.24, 2.45) is 11.7 Å². The van der Waals surface area contributed by atoms with Crippen LogP contribution in [0.15, 0.2) is 6.20 Å². The molecule has 0 aliphatic carbocycles. The predicted octanol–water partition coefficient (Wildman–Crippen LogP) is 1.99. The molecule has 1 aromatic rings. The summed E-state index contributed by atoms with van der Waals surface area (Å²) in [6, 6.07) is -0.591.